The van der Waals surface area contributed by atoms with Crippen LogP contribution in [0.4, 0.5) is 23.7 Å². The molecule has 1 aliphatic rings. The molecule has 1 aromatic heterocycles. The van der Waals surface area contributed by atoms with Crippen LogP contribution in [0.3, 0.4) is 0 Å². The number of carbonyl (C=O) groups excluding carboxylic acids is 1. The predicted molar refractivity (Wildman–Crippen MR) is 170 cm³/mol. The number of hydrogen-bond donors (Lipinski definition) is 1. The number of alkyl halides is 3. The number of nitrogens with one attached hydrogen (secondary N) is 1. The minimum Gasteiger partial charge on any atom is -0.497 e. The maximum Gasteiger partial charge on any atom is 0.573 e. The van der Waals surface area contributed by atoms with E-state index in [9.17, 15) is 18.0 Å². The highest BCUT2D eigenvalue weighted by Gasteiger charge is 2.31. The fourth-order valence-electron chi connectivity index (χ4n) is 4.76. The molecule has 1 saturated heterocycles. The molecule has 5 rings (SSSR count). The van der Waals surface area contributed by atoms with Crippen molar-refractivity contribution in [1.82, 2.24) is 25.0 Å². The van der Waals surface area contributed by atoms with E-state index >= 15 is 0 Å². The SMILES string of the molecule is COc1ccc(N2CCSCN(C(=O)N/C=C/c3ccc(-c4ncn(-c5ccc(OC(F)(F)F)cc5)n4)cc3)C2)c(C(C)C)c1. The molecule has 13 heteroatoms. The molecule has 9 nitrogen and oxygen atoms in total. The zero-order valence-electron chi connectivity index (χ0n) is 25.0. The summed E-state index contributed by atoms with van der Waals surface area (Å²) in [5.41, 5.74) is 4.45. The number of amides is 2. The maximum absolute atomic E-state index is 13.1. The first-order valence-corrected chi connectivity index (χ1v) is 15.4. The minimum atomic E-state index is -4.75. The average Bonchev–Trinajstić information content (AvgIpc) is 3.38. The van der Waals surface area contributed by atoms with Crippen LogP contribution in [0.1, 0.15) is 30.9 Å². The molecule has 236 valence electrons. The first-order valence-electron chi connectivity index (χ1n) is 14.2. The van der Waals surface area contributed by atoms with Gasteiger partial charge in [-0.05, 0) is 65.6 Å². The summed E-state index contributed by atoms with van der Waals surface area (Å²) in [5.74, 6) is 2.76. The van der Waals surface area contributed by atoms with E-state index in [1.807, 2.05) is 30.3 Å². The zero-order chi connectivity index (χ0) is 32.0. The normalized spacial score (nSPS) is 14.1. The zero-order valence-corrected chi connectivity index (χ0v) is 25.8. The Morgan fingerprint density at radius 1 is 1.04 bits per heavy atom. The molecule has 0 unspecified atom stereocenters. The molecular weight excluding hydrogens is 605 g/mol. The Kier molecular flexibility index (Phi) is 9.87. The number of aromatic nitrogens is 3. The van der Waals surface area contributed by atoms with Gasteiger partial charge in [0.25, 0.3) is 0 Å². The van der Waals surface area contributed by atoms with Crippen molar-refractivity contribution in [2.24, 2.45) is 0 Å². The molecule has 0 saturated carbocycles. The molecule has 0 bridgehead atoms. The van der Waals surface area contributed by atoms with Crippen molar-refractivity contribution in [3.8, 4) is 28.6 Å². The molecule has 1 N–H and O–H groups in total. The fourth-order valence-corrected chi connectivity index (χ4v) is 5.66. The smallest absolute Gasteiger partial charge is 0.497 e. The predicted octanol–water partition coefficient (Wildman–Crippen LogP) is 7.12. The standard InChI is InChI=1S/C32H33F3N6O3S/c1-22(2)28-18-27(43-3)12-13-29(28)39-16-17-45-21-40(20-39)31(42)36-15-14-23-4-6-24(7-5-23)30-37-19-41(38-30)25-8-10-26(11-9-25)44-32(33,34)35/h4-15,18-19,22H,16-17,20-21H2,1-3H3,(H,36,42)/b15-14+. The van der Waals surface area contributed by atoms with Gasteiger partial charge in [-0.3, -0.25) is 4.90 Å². The van der Waals surface area contributed by atoms with Crippen molar-refractivity contribution < 1.29 is 27.4 Å². The molecule has 0 radical (unpaired) electrons. The second-order valence-electron chi connectivity index (χ2n) is 10.5. The molecule has 0 aliphatic carbocycles. The highest BCUT2D eigenvalue weighted by Crippen LogP contribution is 2.32. The Labute approximate surface area is 263 Å². The van der Waals surface area contributed by atoms with Crippen LogP contribution >= 0.6 is 11.8 Å². The number of benzene rings is 3. The van der Waals surface area contributed by atoms with Gasteiger partial charge in [-0.25, -0.2) is 14.5 Å². The van der Waals surface area contributed by atoms with Crippen molar-refractivity contribution in [2.45, 2.75) is 26.1 Å². The largest absolute Gasteiger partial charge is 0.573 e. The van der Waals surface area contributed by atoms with Crippen LogP contribution in [0.5, 0.6) is 11.5 Å². The van der Waals surface area contributed by atoms with Crippen LogP contribution in [0.25, 0.3) is 23.2 Å². The molecule has 45 heavy (non-hydrogen) atoms. The van der Waals surface area contributed by atoms with E-state index in [0.717, 1.165) is 34.9 Å². The Morgan fingerprint density at radius 2 is 1.78 bits per heavy atom. The summed E-state index contributed by atoms with van der Waals surface area (Å²) in [7, 11) is 1.66. The van der Waals surface area contributed by atoms with Gasteiger partial charge in [0.2, 0.25) is 0 Å². The summed E-state index contributed by atoms with van der Waals surface area (Å²) in [6.07, 6.45) is 0.169. The number of urea groups is 1. The lowest BCUT2D eigenvalue weighted by Crippen LogP contribution is -2.44. The van der Waals surface area contributed by atoms with E-state index in [4.69, 9.17) is 4.74 Å². The molecule has 1 aliphatic heterocycles. The lowest BCUT2D eigenvalue weighted by Gasteiger charge is -2.31. The van der Waals surface area contributed by atoms with Crippen LogP contribution in [0.15, 0.2) is 79.3 Å². The average molecular weight is 639 g/mol. The highest BCUT2D eigenvalue weighted by atomic mass is 32.2. The highest BCUT2D eigenvalue weighted by molar-refractivity contribution is 7.99. The molecule has 4 aromatic rings. The van der Waals surface area contributed by atoms with Gasteiger partial charge in [0.1, 0.15) is 17.8 Å². The Hall–Kier alpha value is -4.65. The van der Waals surface area contributed by atoms with E-state index in [1.54, 1.807) is 36.0 Å². The number of rotatable bonds is 8. The number of nitrogens with zero attached hydrogens (tertiary/aromatic N) is 5. The number of methoxy groups -OCH3 is 1. The van der Waals surface area contributed by atoms with Gasteiger partial charge >= 0.3 is 12.4 Å². The monoisotopic (exact) mass is 638 g/mol. The van der Waals surface area contributed by atoms with E-state index in [0.29, 0.717) is 30.0 Å². The Bertz CT molecular complexity index is 1620. The fraction of sp³-hybridized carbons (Fsp3) is 0.281. The van der Waals surface area contributed by atoms with Gasteiger partial charge in [0, 0.05) is 29.7 Å². The Balaban J connectivity index is 1.18. The van der Waals surface area contributed by atoms with Gasteiger partial charge in [0.15, 0.2) is 5.82 Å². The third kappa shape index (κ3) is 8.29. The quantitative estimate of drug-likeness (QED) is 0.220. The lowest BCUT2D eigenvalue weighted by molar-refractivity contribution is -0.274. The number of anilines is 1. The number of carbonyl (C=O) groups is 1. The minimum absolute atomic E-state index is 0.186. The molecule has 2 heterocycles. The van der Waals surface area contributed by atoms with E-state index < -0.39 is 6.36 Å². The first kappa shape index (κ1) is 31.8. The third-order valence-corrected chi connectivity index (χ3v) is 8.02. The summed E-state index contributed by atoms with van der Waals surface area (Å²) in [6.45, 7) is 5.61. The van der Waals surface area contributed by atoms with Crippen molar-refractivity contribution in [3.05, 3.63) is 90.4 Å². The molecular formula is C32H33F3N6O3S. The van der Waals surface area contributed by atoms with Crippen LogP contribution in [0.2, 0.25) is 0 Å². The van der Waals surface area contributed by atoms with Gasteiger partial charge < -0.3 is 19.7 Å². The van der Waals surface area contributed by atoms with E-state index in [2.05, 4.69) is 51.0 Å². The van der Waals surface area contributed by atoms with Crippen molar-refractivity contribution in [3.63, 3.8) is 0 Å². The van der Waals surface area contributed by atoms with Crippen molar-refractivity contribution >= 4 is 29.6 Å². The van der Waals surface area contributed by atoms with Crippen molar-refractivity contribution in [1.29, 1.82) is 0 Å². The molecule has 2 amide bonds. The summed E-state index contributed by atoms with van der Waals surface area (Å²) in [4.78, 5) is 21.5. The van der Waals surface area contributed by atoms with Gasteiger partial charge in [0.05, 0.1) is 25.3 Å². The van der Waals surface area contributed by atoms with E-state index in [1.165, 1.54) is 40.8 Å². The molecule has 1 fully saturated rings. The second-order valence-corrected chi connectivity index (χ2v) is 11.6. The van der Waals surface area contributed by atoms with Gasteiger partial charge in [-0.2, -0.15) is 0 Å². The second kappa shape index (κ2) is 14.0. The van der Waals surface area contributed by atoms with Crippen LogP contribution in [-0.2, 0) is 0 Å². The summed E-state index contributed by atoms with van der Waals surface area (Å²) >= 11 is 1.72. The first-order chi connectivity index (χ1) is 21.6. The third-order valence-electron chi connectivity index (χ3n) is 7.06. The van der Waals surface area contributed by atoms with Gasteiger partial charge in [-0.1, -0.05) is 38.1 Å². The van der Waals surface area contributed by atoms with Gasteiger partial charge in [-0.15, -0.1) is 30.0 Å². The summed E-state index contributed by atoms with van der Waals surface area (Å²) < 4.78 is 48.1. The van der Waals surface area contributed by atoms with Crippen LogP contribution in [0, 0.1) is 0 Å². The number of hydrogen-bond acceptors (Lipinski definition) is 7. The lowest BCUT2D eigenvalue weighted by atomic mass is 10.00. The van der Waals surface area contributed by atoms with Crippen molar-refractivity contribution in [2.75, 3.05) is 36.9 Å². The van der Waals surface area contributed by atoms with E-state index in [-0.39, 0.29) is 11.8 Å². The molecule has 0 spiro atoms. The Morgan fingerprint density at radius 3 is 2.47 bits per heavy atom. The number of halogens is 3. The number of thioether (sulfide) groups is 1. The maximum atomic E-state index is 13.1. The van der Waals surface area contributed by atoms with Crippen LogP contribution in [-0.4, -0.2) is 64.0 Å². The van der Waals surface area contributed by atoms with Crippen LogP contribution < -0.4 is 19.7 Å². The number of ether oxygens (including phenoxy) is 2. The molecule has 3 aromatic carbocycles. The molecule has 0 atom stereocenters. The summed E-state index contributed by atoms with van der Waals surface area (Å²) in [6, 6.07) is 18.7. The topological polar surface area (TPSA) is 84.8 Å². The summed E-state index contributed by atoms with van der Waals surface area (Å²) in [5, 5.41) is 7.32.